The Labute approximate surface area is 85.2 Å². The smallest absolute Gasteiger partial charge is 0.118 e. The summed E-state index contributed by atoms with van der Waals surface area (Å²) >= 11 is 0. The van der Waals surface area contributed by atoms with Crippen molar-refractivity contribution in [2.24, 2.45) is 0 Å². The predicted molar refractivity (Wildman–Crippen MR) is 58.2 cm³/mol. The Morgan fingerprint density at radius 2 is 2.00 bits per heavy atom. The normalized spacial score (nSPS) is 10.7. The molecule has 0 saturated heterocycles. The molecular formula is C12H15O2. The van der Waals surface area contributed by atoms with Gasteiger partial charge in [-0.2, -0.15) is 0 Å². The molecule has 1 radical (unpaired) electrons. The molecule has 0 spiro atoms. The number of benzene rings is 1. The maximum absolute atomic E-state index is 5.08. The Morgan fingerprint density at radius 3 is 2.57 bits per heavy atom. The van der Waals surface area contributed by atoms with Crippen LogP contribution in [0.25, 0.3) is 6.08 Å². The van der Waals surface area contributed by atoms with Gasteiger partial charge in [0, 0.05) is 6.61 Å². The molecule has 0 aliphatic rings. The summed E-state index contributed by atoms with van der Waals surface area (Å²) < 4.78 is 10.1. The average Bonchev–Trinajstić information content (AvgIpc) is 2.25. The van der Waals surface area contributed by atoms with Crippen molar-refractivity contribution in [2.45, 2.75) is 0 Å². The van der Waals surface area contributed by atoms with Crippen molar-refractivity contribution in [2.75, 3.05) is 20.3 Å². The van der Waals surface area contributed by atoms with Crippen LogP contribution in [-0.2, 0) is 4.74 Å². The van der Waals surface area contributed by atoms with Gasteiger partial charge in [-0.3, -0.25) is 0 Å². The number of rotatable bonds is 5. The second-order valence-electron chi connectivity index (χ2n) is 2.75. The van der Waals surface area contributed by atoms with Crippen LogP contribution in [0.1, 0.15) is 5.56 Å². The van der Waals surface area contributed by atoms with Crippen LogP contribution < -0.4 is 4.74 Å². The van der Waals surface area contributed by atoms with Gasteiger partial charge in [-0.25, -0.2) is 0 Å². The topological polar surface area (TPSA) is 18.5 Å². The second-order valence-corrected chi connectivity index (χ2v) is 2.75. The highest BCUT2D eigenvalue weighted by Crippen LogP contribution is 2.11. The molecule has 0 unspecified atom stereocenters. The van der Waals surface area contributed by atoms with E-state index in [1.54, 1.807) is 7.11 Å². The summed E-state index contributed by atoms with van der Waals surface area (Å²) in [5.74, 6) is 0.871. The van der Waals surface area contributed by atoms with Crippen LogP contribution in [0.15, 0.2) is 30.3 Å². The lowest BCUT2D eigenvalue weighted by molar-refractivity contribution is 0.193. The molecule has 0 heterocycles. The van der Waals surface area contributed by atoms with E-state index in [9.17, 15) is 0 Å². The summed E-state index contributed by atoms with van der Waals surface area (Å²) in [4.78, 5) is 0. The van der Waals surface area contributed by atoms with Crippen LogP contribution >= 0.6 is 0 Å². The number of methoxy groups -OCH3 is 1. The summed E-state index contributed by atoms with van der Waals surface area (Å²) in [6.45, 7) is 4.69. The van der Waals surface area contributed by atoms with E-state index in [-0.39, 0.29) is 0 Å². The van der Waals surface area contributed by atoms with Crippen LogP contribution in [0.3, 0.4) is 0 Å². The van der Waals surface area contributed by atoms with Gasteiger partial charge in [0.25, 0.3) is 0 Å². The van der Waals surface area contributed by atoms with E-state index in [1.807, 2.05) is 36.4 Å². The van der Waals surface area contributed by atoms with Gasteiger partial charge in [-0.1, -0.05) is 24.3 Å². The quantitative estimate of drug-likeness (QED) is 0.666. The van der Waals surface area contributed by atoms with Crippen LogP contribution in [-0.4, -0.2) is 20.3 Å². The second kappa shape index (κ2) is 6.22. The fourth-order valence-corrected chi connectivity index (χ4v) is 1.05. The third-order valence-corrected chi connectivity index (χ3v) is 1.78. The minimum Gasteiger partial charge on any atom is -0.497 e. The van der Waals surface area contributed by atoms with Crippen molar-refractivity contribution in [1.29, 1.82) is 0 Å². The molecule has 0 aliphatic heterocycles. The third kappa shape index (κ3) is 3.62. The van der Waals surface area contributed by atoms with E-state index in [0.29, 0.717) is 13.2 Å². The standard InChI is InChI=1S/C12H15O2/c1-3-14-10-4-5-11-6-8-12(13-2)9-7-11/h4-9H,1,3,10H2,2H3. The molecule has 0 aliphatic carbocycles. The largest absolute Gasteiger partial charge is 0.497 e. The molecule has 1 rings (SSSR count). The molecule has 2 heteroatoms. The molecule has 0 bridgehead atoms. The average molecular weight is 191 g/mol. The first kappa shape index (κ1) is 10.8. The lowest BCUT2D eigenvalue weighted by atomic mass is 10.2. The van der Waals surface area contributed by atoms with Gasteiger partial charge < -0.3 is 9.47 Å². The molecular weight excluding hydrogens is 176 g/mol. The molecule has 75 valence electrons. The Bertz CT molecular complexity index is 275. The van der Waals surface area contributed by atoms with Gasteiger partial charge in [0.2, 0.25) is 0 Å². The first-order valence-corrected chi connectivity index (χ1v) is 4.54. The molecule has 1 aromatic rings. The van der Waals surface area contributed by atoms with E-state index in [1.165, 1.54) is 0 Å². The molecule has 2 nitrogen and oxygen atoms in total. The minimum atomic E-state index is 0.507. The highest BCUT2D eigenvalue weighted by Gasteiger charge is 1.89. The fraction of sp³-hybridized carbons (Fsp3) is 0.250. The van der Waals surface area contributed by atoms with Crippen molar-refractivity contribution in [3.8, 4) is 5.75 Å². The molecule has 0 fully saturated rings. The summed E-state index contributed by atoms with van der Waals surface area (Å²) in [6.07, 6.45) is 3.97. The van der Waals surface area contributed by atoms with Crippen molar-refractivity contribution in [3.05, 3.63) is 42.8 Å². The zero-order chi connectivity index (χ0) is 10.2. The van der Waals surface area contributed by atoms with E-state index in [2.05, 4.69) is 6.92 Å². The Kier molecular flexibility index (Phi) is 4.79. The Morgan fingerprint density at radius 1 is 1.29 bits per heavy atom. The van der Waals surface area contributed by atoms with Crippen LogP contribution in [0.5, 0.6) is 5.75 Å². The van der Waals surface area contributed by atoms with Crippen molar-refractivity contribution in [3.63, 3.8) is 0 Å². The van der Waals surface area contributed by atoms with E-state index in [0.717, 1.165) is 11.3 Å². The van der Waals surface area contributed by atoms with Gasteiger partial charge in [0.05, 0.1) is 13.7 Å². The SMILES string of the molecule is [CH2]COCC=Cc1ccc(OC)cc1. The summed E-state index contributed by atoms with van der Waals surface area (Å²) in [5, 5.41) is 0. The maximum atomic E-state index is 5.08. The minimum absolute atomic E-state index is 0.507. The van der Waals surface area contributed by atoms with Gasteiger partial charge in [0.15, 0.2) is 0 Å². The highest BCUT2D eigenvalue weighted by atomic mass is 16.5. The van der Waals surface area contributed by atoms with Crippen LogP contribution in [0.2, 0.25) is 0 Å². The molecule has 0 saturated carbocycles. The Hall–Kier alpha value is -1.28. The van der Waals surface area contributed by atoms with Crippen molar-refractivity contribution >= 4 is 6.08 Å². The van der Waals surface area contributed by atoms with Gasteiger partial charge in [0.1, 0.15) is 5.75 Å². The summed E-state index contributed by atoms with van der Waals surface area (Å²) in [7, 11) is 1.66. The molecule has 0 amide bonds. The zero-order valence-electron chi connectivity index (χ0n) is 8.40. The third-order valence-electron chi connectivity index (χ3n) is 1.78. The molecule has 1 aromatic carbocycles. The van der Waals surface area contributed by atoms with E-state index >= 15 is 0 Å². The van der Waals surface area contributed by atoms with E-state index in [4.69, 9.17) is 9.47 Å². The molecule has 14 heavy (non-hydrogen) atoms. The lowest BCUT2D eigenvalue weighted by Gasteiger charge is -1.99. The lowest BCUT2D eigenvalue weighted by Crippen LogP contribution is -1.88. The number of ether oxygens (including phenoxy) is 2. The van der Waals surface area contributed by atoms with Gasteiger partial charge in [-0.05, 0) is 24.6 Å². The van der Waals surface area contributed by atoms with Crippen LogP contribution in [0, 0.1) is 6.92 Å². The van der Waals surface area contributed by atoms with Gasteiger partial charge in [-0.15, -0.1) is 0 Å². The predicted octanol–water partition coefficient (Wildman–Crippen LogP) is 2.56. The maximum Gasteiger partial charge on any atom is 0.118 e. The first-order valence-electron chi connectivity index (χ1n) is 4.54. The van der Waals surface area contributed by atoms with Gasteiger partial charge >= 0.3 is 0 Å². The first-order chi connectivity index (χ1) is 6.86. The van der Waals surface area contributed by atoms with Crippen molar-refractivity contribution < 1.29 is 9.47 Å². The molecule has 0 atom stereocenters. The summed E-state index contributed by atoms with van der Waals surface area (Å²) in [6, 6.07) is 7.86. The Balaban J connectivity index is 2.47. The fourth-order valence-electron chi connectivity index (χ4n) is 1.05. The summed E-state index contributed by atoms with van der Waals surface area (Å²) in [5.41, 5.74) is 1.14. The molecule has 0 N–H and O–H groups in total. The van der Waals surface area contributed by atoms with Crippen molar-refractivity contribution in [1.82, 2.24) is 0 Å². The zero-order valence-corrected chi connectivity index (χ0v) is 8.40. The van der Waals surface area contributed by atoms with E-state index < -0.39 is 0 Å². The number of hydrogen-bond acceptors (Lipinski definition) is 2. The highest BCUT2D eigenvalue weighted by molar-refractivity contribution is 5.50. The monoisotopic (exact) mass is 191 g/mol. The molecule has 0 aromatic heterocycles. The van der Waals surface area contributed by atoms with Crippen LogP contribution in [0.4, 0.5) is 0 Å². The number of hydrogen-bond donors (Lipinski definition) is 0.